The first kappa shape index (κ1) is 12.0. The molecular formula is C10H19ClO. The van der Waals surface area contributed by atoms with Gasteiger partial charge in [0.05, 0.1) is 6.10 Å². The quantitative estimate of drug-likeness (QED) is 0.388. The Morgan fingerprint density at radius 2 is 2.00 bits per heavy atom. The third kappa shape index (κ3) is 6.68. The van der Waals surface area contributed by atoms with Gasteiger partial charge in [0.25, 0.3) is 0 Å². The summed E-state index contributed by atoms with van der Waals surface area (Å²) in [6.45, 7) is 4.05. The molecule has 0 aromatic heterocycles. The van der Waals surface area contributed by atoms with Crippen LogP contribution in [0.3, 0.4) is 0 Å². The fourth-order valence-electron chi connectivity index (χ4n) is 0.821. The van der Waals surface area contributed by atoms with Gasteiger partial charge in [0.15, 0.2) is 0 Å². The van der Waals surface area contributed by atoms with Crippen molar-refractivity contribution in [3.8, 4) is 0 Å². The summed E-state index contributed by atoms with van der Waals surface area (Å²) in [4.78, 5) is 0. The standard InChI is InChI=1S/C10H19ClO/c1-9(2)10(12)7-5-3-4-6-8-11/h3,5,9-10,12H,4,6-8H2,1-2H3/b5-3+. The SMILES string of the molecule is CC(C)C(O)C/C=C/CCCCl. The van der Waals surface area contributed by atoms with Crippen LogP contribution < -0.4 is 0 Å². The molecule has 0 bridgehead atoms. The van der Waals surface area contributed by atoms with E-state index < -0.39 is 0 Å². The van der Waals surface area contributed by atoms with Crippen LogP contribution in [0.2, 0.25) is 0 Å². The van der Waals surface area contributed by atoms with Gasteiger partial charge < -0.3 is 5.11 Å². The Balaban J connectivity index is 3.33. The monoisotopic (exact) mass is 190 g/mol. The Morgan fingerprint density at radius 3 is 2.50 bits per heavy atom. The van der Waals surface area contributed by atoms with Gasteiger partial charge in [-0.25, -0.2) is 0 Å². The van der Waals surface area contributed by atoms with Gasteiger partial charge in [0, 0.05) is 5.88 Å². The second-order valence-electron chi connectivity index (χ2n) is 3.35. The third-order valence-corrected chi connectivity index (χ3v) is 2.09. The molecule has 0 rings (SSSR count). The van der Waals surface area contributed by atoms with E-state index in [2.05, 4.69) is 6.08 Å². The number of rotatable bonds is 6. The van der Waals surface area contributed by atoms with Crippen LogP contribution in [0.5, 0.6) is 0 Å². The van der Waals surface area contributed by atoms with Crippen LogP contribution in [0.25, 0.3) is 0 Å². The van der Waals surface area contributed by atoms with Crippen molar-refractivity contribution in [3.63, 3.8) is 0 Å². The maximum Gasteiger partial charge on any atom is 0.0597 e. The zero-order chi connectivity index (χ0) is 9.40. The molecule has 0 spiro atoms. The van der Waals surface area contributed by atoms with Crippen LogP contribution in [-0.4, -0.2) is 17.1 Å². The predicted molar refractivity (Wildman–Crippen MR) is 54.6 cm³/mol. The zero-order valence-corrected chi connectivity index (χ0v) is 8.72. The summed E-state index contributed by atoms with van der Waals surface area (Å²) in [6.07, 6.45) is 6.74. The number of hydrogen-bond donors (Lipinski definition) is 1. The number of unbranched alkanes of at least 4 members (excludes halogenated alkanes) is 1. The maximum absolute atomic E-state index is 9.41. The molecule has 0 heterocycles. The van der Waals surface area contributed by atoms with Crippen molar-refractivity contribution >= 4 is 11.6 Å². The van der Waals surface area contributed by atoms with Gasteiger partial charge in [0.2, 0.25) is 0 Å². The molecule has 0 aliphatic carbocycles. The molecule has 0 aromatic carbocycles. The van der Waals surface area contributed by atoms with Gasteiger partial charge >= 0.3 is 0 Å². The lowest BCUT2D eigenvalue weighted by Crippen LogP contribution is -2.12. The summed E-state index contributed by atoms with van der Waals surface area (Å²) < 4.78 is 0. The highest BCUT2D eigenvalue weighted by atomic mass is 35.5. The minimum atomic E-state index is -0.197. The lowest BCUT2D eigenvalue weighted by atomic mass is 10.0. The lowest BCUT2D eigenvalue weighted by Gasteiger charge is -2.10. The van der Waals surface area contributed by atoms with Crippen molar-refractivity contribution in [2.75, 3.05) is 5.88 Å². The Hall–Kier alpha value is -0.0100. The highest BCUT2D eigenvalue weighted by Gasteiger charge is 2.05. The molecule has 0 fully saturated rings. The van der Waals surface area contributed by atoms with E-state index in [-0.39, 0.29) is 6.10 Å². The fraction of sp³-hybridized carbons (Fsp3) is 0.800. The Kier molecular flexibility index (Phi) is 7.62. The minimum absolute atomic E-state index is 0.197. The average molecular weight is 191 g/mol. The first-order valence-electron chi connectivity index (χ1n) is 4.57. The van der Waals surface area contributed by atoms with E-state index in [1.54, 1.807) is 0 Å². The molecule has 2 heteroatoms. The number of allylic oxidation sites excluding steroid dienone is 1. The molecule has 1 nitrogen and oxygen atoms in total. The molecule has 0 aliphatic heterocycles. The van der Waals surface area contributed by atoms with Gasteiger partial charge in [-0.1, -0.05) is 26.0 Å². The molecule has 0 aromatic rings. The molecule has 1 atom stereocenters. The second-order valence-corrected chi connectivity index (χ2v) is 3.73. The summed E-state index contributed by atoms with van der Waals surface area (Å²) in [5.41, 5.74) is 0. The summed E-state index contributed by atoms with van der Waals surface area (Å²) in [5, 5.41) is 9.41. The van der Waals surface area contributed by atoms with Crippen molar-refractivity contribution in [2.24, 2.45) is 5.92 Å². The molecule has 0 aliphatic rings. The molecule has 72 valence electrons. The van der Waals surface area contributed by atoms with E-state index in [1.807, 2.05) is 19.9 Å². The van der Waals surface area contributed by atoms with E-state index >= 15 is 0 Å². The number of alkyl halides is 1. The van der Waals surface area contributed by atoms with Crippen LogP contribution in [-0.2, 0) is 0 Å². The van der Waals surface area contributed by atoms with E-state index in [0.29, 0.717) is 5.92 Å². The zero-order valence-electron chi connectivity index (χ0n) is 7.96. The van der Waals surface area contributed by atoms with Crippen molar-refractivity contribution in [3.05, 3.63) is 12.2 Å². The molecule has 0 saturated carbocycles. The van der Waals surface area contributed by atoms with Crippen LogP contribution >= 0.6 is 11.6 Å². The van der Waals surface area contributed by atoms with Crippen LogP contribution in [0.4, 0.5) is 0 Å². The smallest absolute Gasteiger partial charge is 0.0597 e. The first-order chi connectivity index (χ1) is 5.68. The topological polar surface area (TPSA) is 20.2 Å². The maximum atomic E-state index is 9.41. The molecular weight excluding hydrogens is 172 g/mol. The van der Waals surface area contributed by atoms with Gasteiger partial charge in [-0.3, -0.25) is 0 Å². The van der Waals surface area contributed by atoms with E-state index in [0.717, 1.165) is 25.1 Å². The first-order valence-corrected chi connectivity index (χ1v) is 5.11. The van der Waals surface area contributed by atoms with Crippen molar-refractivity contribution in [1.29, 1.82) is 0 Å². The van der Waals surface area contributed by atoms with Crippen molar-refractivity contribution in [1.82, 2.24) is 0 Å². The van der Waals surface area contributed by atoms with E-state index in [9.17, 15) is 5.11 Å². The lowest BCUT2D eigenvalue weighted by molar-refractivity contribution is 0.128. The third-order valence-electron chi connectivity index (χ3n) is 1.82. The number of aliphatic hydroxyl groups excluding tert-OH is 1. The van der Waals surface area contributed by atoms with Crippen molar-refractivity contribution in [2.45, 2.75) is 39.2 Å². The molecule has 1 N–H and O–H groups in total. The number of halogens is 1. The summed E-state index contributed by atoms with van der Waals surface area (Å²) in [5.74, 6) is 1.07. The van der Waals surface area contributed by atoms with Crippen LogP contribution in [0, 0.1) is 5.92 Å². The number of hydrogen-bond acceptors (Lipinski definition) is 1. The van der Waals surface area contributed by atoms with Gasteiger partial charge in [-0.05, 0) is 25.2 Å². The largest absolute Gasteiger partial charge is 0.393 e. The van der Waals surface area contributed by atoms with Crippen molar-refractivity contribution < 1.29 is 5.11 Å². The van der Waals surface area contributed by atoms with Gasteiger partial charge in [0.1, 0.15) is 0 Å². The Morgan fingerprint density at radius 1 is 1.33 bits per heavy atom. The predicted octanol–water partition coefficient (Wildman–Crippen LogP) is 2.97. The Bertz CT molecular complexity index is 121. The van der Waals surface area contributed by atoms with Gasteiger partial charge in [-0.15, -0.1) is 11.6 Å². The highest BCUT2D eigenvalue weighted by molar-refractivity contribution is 6.17. The second kappa shape index (κ2) is 7.63. The molecule has 0 radical (unpaired) electrons. The van der Waals surface area contributed by atoms with E-state index in [4.69, 9.17) is 11.6 Å². The summed E-state index contributed by atoms with van der Waals surface area (Å²) >= 11 is 5.51. The minimum Gasteiger partial charge on any atom is -0.393 e. The van der Waals surface area contributed by atoms with Crippen LogP contribution in [0.15, 0.2) is 12.2 Å². The highest BCUT2D eigenvalue weighted by Crippen LogP contribution is 2.06. The molecule has 0 saturated heterocycles. The molecule has 0 amide bonds. The number of aliphatic hydroxyl groups is 1. The average Bonchev–Trinajstić information content (AvgIpc) is 2.03. The van der Waals surface area contributed by atoms with E-state index in [1.165, 1.54) is 0 Å². The van der Waals surface area contributed by atoms with Gasteiger partial charge in [-0.2, -0.15) is 0 Å². The fourth-order valence-corrected chi connectivity index (χ4v) is 0.975. The normalized spacial score (nSPS) is 14.4. The Labute approximate surface area is 80.4 Å². The van der Waals surface area contributed by atoms with Crippen LogP contribution in [0.1, 0.15) is 33.1 Å². The molecule has 1 unspecified atom stereocenters. The molecule has 12 heavy (non-hydrogen) atoms. The summed E-state index contributed by atoms with van der Waals surface area (Å²) in [7, 11) is 0. The summed E-state index contributed by atoms with van der Waals surface area (Å²) in [6, 6.07) is 0.